The van der Waals surface area contributed by atoms with Crippen LogP contribution in [0.25, 0.3) is 0 Å². The van der Waals surface area contributed by atoms with Crippen LogP contribution < -0.4 is 31.3 Å². The molecule has 0 fully saturated rings. The Hall–Kier alpha value is 1.94. The van der Waals surface area contributed by atoms with Crippen LogP contribution in [0, 0.1) is 5.38 Å². The summed E-state index contributed by atoms with van der Waals surface area (Å²) in [5.41, 5.74) is 0. The molecule has 0 radical (unpaired) electrons. The van der Waals surface area contributed by atoms with Gasteiger partial charge in [-0.2, -0.15) is 11.4 Å². The average molecular weight is 318 g/mol. The van der Waals surface area contributed by atoms with Crippen molar-refractivity contribution in [2.45, 2.75) is 0 Å². The Balaban J connectivity index is -0.0000000836. The third-order valence-corrected chi connectivity index (χ3v) is 0.944. The Morgan fingerprint density at radius 3 is 2.11 bits per heavy atom. The van der Waals surface area contributed by atoms with Gasteiger partial charge in [-0.3, -0.25) is 0 Å². The van der Waals surface area contributed by atoms with Gasteiger partial charge < -0.3 is 23.7 Å². The molecule has 9 heavy (non-hydrogen) atoms. The second-order valence-corrected chi connectivity index (χ2v) is 1.47. The van der Waals surface area contributed by atoms with Crippen molar-refractivity contribution in [2.24, 2.45) is 0 Å². The molecule has 0 unspecified atom stereocenters. The van der Waals surface area contributed by atoms with Crippen LogP contribution in [0.4, 0.5) is 0 Å². The van der Waals surface area contributed by atoms with Crippen LogP contribution in [0.2, 0.25) is 0 Å². The smallest absolute Gasteiger partial charge is 0.124 e. The molecule has 1 heterocycles. The molecule has 1 rings (SSSR count). The van der Waals surface area contributed by atoms with Crippen molar-refractivity contribution in [3.8, 4) is 0 Å². The topological polar surface area (TPSA) is 0 Å². The van der Waals surface area contributed by atoms with E-state index in [2.05, 4.69) is 25.1 Å². The maximum Gasteiger partial charge on any atom is -0.124 e. The molecule has 0 atom stereocenters. The summed E-state index contributed by atoms with van der Waals surface area (Å²) in [7, 11) is 0. The fourth-order valence-electron chi connectivity index (χ4n) is 0.196. The third-order valence-electron chi connectivity index (χ3n) is 0.379. The van der Waals surface area contributed by atoms with Crippen molar-refractivity contribution < 1.29 is 46.1 Å². The second-order valence-electron chi connectivity index (χ2n) is 0.731. The summed E-state index contributed by atoms with van der Waals surface area (Å²) in [4.78, 5) is 0. The van der Waals surface area contributed by atoms with E-state index in [0.717, 1.165) is 0 Å². The van der Waals surface area contributed by atoms with Crippen molar-refractivity contribution in [2.75, 3.05) is 0 Å². The van der Waals surface area contributed by atoms with E-state index in [1.54, 1.807) is 11.3 Å². The number of hydrogen-bond donors (Lipinski definition) is 0. The molecule has 42 valence electrons. The van der Waals surface area contributed by atoms with Gasteiger partial charge in [-0.15, -0.1) is 5.38 Å². The molecule has 0 nitrogen and oxygen atoms in total. The molecular weight excluding hydrogens is 315 g/mol. The molecule has 1 aromatic rings. The third kappa shape index (κ3) is 13.0. The molecule has 0 saturated heterocycles. The molecule has 0 aliphatic rings. The predicted molar refractivity (Wildman–Crippen MR) is 37.2 cm³/mol. The van der Waals surface area contributed by atoms with Gasteiger partial charge in [0.25, 0.3) is 0 Å². The molecule has 0 saturated carbocycles. The van der Waals surface area contributed by atoms with E-state index in [-0.39, 0.29) is 31.3 Å². The average Bonchev–Trinajstić information content (AvgIpc) is 2.23. The number of rotatable bonds is 0. The van der Waals surface area contributed by atoms with Gasteiger partial charge in [0, 0.05) is 0 Å². The van der Waals surface area contributed by atoms with E-state index in [0.29, 0.717) is 0 Å². The summed E-state index contributed by atoms with van der Waals surface area (Å²) >= 11 is 5.21. The van der Waals surface area contributed by atoms with E-state index in [1.807, 2.05) is 17.5 Å². The molecule has 5 heteroatoms. The second kappa shape index (κ2) is 16.5. The monoisotopic (exact) mass is 316 g/mol. The van der Waals surface area contributed by atoms with Gasteiger partial charge in [0.05, 0.1) is 0 Å². The largest absolute Gasteiger partial charge is 0.304 e. The van der Waals surface area contributed by atoms with Crippen LogP contribution in [-0.4, -0.2) is 0 Å². The molecule has 1 aromatic heterocycles. The summed E-state index contributed by atoms with van der Waals surface area (Å²) < 4.78 is 0. The summed E-state index contributed by atoms with van der Waals surface area (Å²) in [5.74, 6) is 0. The summed E-state index contributed by atoms with van der Waals surface area (Å²) in [6.07, 6.45) is 0. The van der Waals surface area contributed by atoms with E-state index in [1.165, 1.54) is 14.8 Å². The minimum atomic E-state index is 0. The molecule has 0 aliphatic heterocycles. The molecule has 0 aromatic carbocycles. The van der Waals surface area contributed by atoms with Crippen molar-refractivity contribution in [3.63, 3.8) is 0 Å². The van der Waals surface area contributed by atoms with Crippen molar-refractivity contribution in [1.82, 2.24) is 0 Å². The Morgan fingerprint density at radius 1 is 1.44 bits per heavy atom. The maximum atomic E-state index is 2.90. The molecule has 0 bridgehead atoms. The Morgan fingerprint density at radius 2 is 2.00 bits per heavy atom. The normalized spacial score (nSPS) is 5.22. The molecule has 0 aliphatic carbocycles. The zero-order valence-electron chi connectivity index (χ0n) is 5.10. The van der Waals surface area contributed by atoms with Crippen LogP contribution in [0.1, 0.15) is 0 Å². The van der Waals surface area contributed by atoms with Gasteiger partial charge in [-0.1, -0.05) is 0 Å². The van der Waals surface area contributed by atoms with Gasteiger partial charge in [0.15, 0.2) is 0 Å². The Bertz CT molecular complexity index is 77.0. The summed E-state index contributed by atoms with van der Waals surface area (Å²) in [6.45, 7) is 0. The van der Waals surface area contributed by atoms with Crippen molar-refractivity contribution >= 4 is 31.1 Å². The van der Waals surface area contributed by atoms with E-state index >= 15 is 0 Å². The zero-order valence-corrected chi connectivity index (χ0v) is 11.8. The predicted octanol–water partition coefficient (Wildman–Crippen LogP) is -3.56. The fourth-order valence-corrected chi connectivity index (χ4v) is 0.589. The van der Waals surface area contributed by atoms with Crippen LogP contribution >= 0.6 is 31.1 Å². The number of hydrogen-bond acceptors (Lipinski definition) is 1. The molecule has 0 spiro atoms. The Kier molecular flexibility index (Phi) is 31.4. The van der Waals surface area contributed by atoms with Gasteiger partial charge in [0.2, 0.25) is 0 Å². The van der Waals surface area contributed by atoms with E-state index < -0.39 is 0 Å². The first-order chi connectivity index (χ1) is 3.50. The van der Waals surface area contributed by atoms with Gasteiger partial charge in [-0.05, 0) is 0 Å². The van der Waals surface area contributed by atoms with Crippen LogP contribution in [0.5, 0.6) is 0 Å². The number of thiophene rings is 1. The maximum absolute atomic E-state index is 2.90. The van der Waals surface area contributed by atoms with E-state index in [4.69, 9.17) is 0 Å². The fraction of sp³-hybridized carbons (Fsp3) is 0. The molecular formula is C4H3ClILiSZn. The van der Waals surface area contributed by atoms with E-state index in [9.17, 15) is 0 Å². The first-order valence-corrected chi connectivity index (χ1v) is 11.6. The summed E-state index contributed by atoms with van der Waals surface area (Å²) in [6, 6.07) is 3.86. The minimum absolute atomic E-state index is 0. The van der Waals surface area contributed by atoms with Crippen molar-refractivity contribution in [1.29, 1.82) is 0 Å². The standard InChI is InChI=1S/C4H3S.ClH.HI.Li.Zn/c1-2-4-5-3-1;;;;/h1-3H;2*1H;;/q-1;;;+1;+2/p-2. The number of halogens is 2. The van der Waals surface area contributed by atoms with Crippen LogP contribution in [-0.2, 0) is 14.8 Å². The Labute approximate surface area is 98.6 Å². The minimum Gasteiger partial charge on any atom is -0.304 e. The van der Waals surface area contributed by atoms with Gasteiger partial charge in [-0.25, -0.2) is 6.07 Å². The molecule has 0 amide bonds. The first kappa shape index (κ1) is 17.1. The van der Waals surface area contributed by atoms with Gasteiger partial charge >= 0.3 is 53.4 Å². The quantitative estimate of drug-likeness (QED) is 0.264. The van der Waals surface area contributed by atoms with Gasteiger partial charge in [0.1, 0.15) is 0 Å². The van der Waals surface area contributed by atoms with Crippen molar-refractivity contribution in [3.05, 3.63) is 22.9 Å². The zero-order chi connectivity index (χ0) is 5.54. The van der Waals surface area contributed by atoms with Crippen LogP contribution in [0.15, 0.2) is 17.5 Å². The van der Waals surface area contributed by atoms with Crippen LogP contribution in [0.3, 0.4) is 0 Å². The summed E-state index contributed by atoms with van der Waals surface area (Å²) in [5, 5.41) is 4.89. The first-order valence-electron chi connectivity index (χ1n) is 1.66. The molecule has 0 N–H and O–H groups in total. The SMILES string of the molecule is [Cl-].[Li+].[Zn+][I].[c-]1cccs1.